The number of carbonyl (C=O) groups excluding carboxylic acids is 1. The molecule has 136 valence electrons. The molecule has 2 aliphatic rings. The van der Waals surface area contributed by atoms with Gasteiger partial charge in [-0.1, -0.05) is 29.8 Å². The molecule has 0 radical (unpaired) electrons. The zero-order valence-electron chi connectivity index (χ0n) is 14.9. The Kier molecular flexibility index (Phi) is 4.29. The third-order valence-corrected chi connectivity index (χ3v) is 5.62. The predicted octanol–water partition coefficient (Wildman–Crippen LogP) is 4.09. The fraction of sp³-hybridized carbons (Fsp3) is 0.350. The molecule has 0 aromatic heterocycles. The second-order valence-electron chi connectivity index (χ2n) is 7.33. The lowest BCUT2D eigenvalue weighted by Crippen LogP contribution is -2.45. The van der Waals surface area contributed by atoms with Crippen molar-refractivity contribution in [2.45, 2.75) is 11.8 Å². The van der Waals surface area contributed by atoms with Gasteiger partial charge in [-0.05, 0) is 24.3 Å². The van der Waals surface area contributed by atoms with Crippen LogP contribution >= 0.6 is 11.6 Å². The number of likely N-dealkylation sites (tertiary alicyclic amines) is 1. The first-order valence-corrected chi connectivity index (χ1v) is 9.11. The summed E-state index contributed by atoms with van der Waals surface area (Å²) in [5, 5.41) is 3.22. The molecule has 1 saturated heterocycles. The lowest BCUT2D eigenvalue weighted by atomic mass is 9.84. The van der Waals surface area contributed by atoms with Crippen LogP contribution < -0.4 is 10.1 Å². The SMILES string of the molecule is CNC(=O)OC[N+]1(C)CC2c3ccccc3Oc3ccc(Cl)cc3C2C1. The van der Waals surface area contributed by atoms with Crippen LogP contribution in [0.3, 0.4) is 0 Å². The fourth-order valence-electron chi connectivity index (χ4n) is 4.20. The normalized spacial score (nSPS) is 26.0. The van der Waals surface area contributed by atoms with Gasteiger partial charge in [0.2, 0.25) is 6.73 Å². The Balaban J connectivity index is 1.74. The molecule has 2 aromatic rings. The number of halogens is 1. The Bertz CT molecular complexity index is 857. The van der Waals surface area contributed by atoms with E-state index in [2.05, 4.69) is 18.4 Å². The minimum atomic E-state index is -0.399. The Morgan fingerprint density at radius 3 is 2.65 bits per heavy atom. The molecule has 1 amide bonds. The first kappa shape index (κ1) is 17.2. The third-order valence-electron chi connectivity index (χ3n) is 5.38. The van der Waals surface area contributed by atoms with E-state index in [1.807, 2.05) is 36.4 Å². The number of nitrogens with zero attached hydrogens (tertiary/aromatic N) is 1. The van der Waals surface area contributed by atoms with Gasteiger partial charge < -0.3 is 14.8 Å². The summed E-state index contributed by atoms with van der Waals surface area (Å²) in [5.41, 5.74) is 2.33. The van der Waals surface area contributed by atoms with E-state index in [9.17, 15) is 4.79 Å². The summed E-state index contributed by atoms with van der Waals surface area (Å²) >= 11 is 6.29. The molecular weight excluding hydrogens is 352 g/mol. The molecule has 2 aliphatic heterocycles. The van der Waals surface area contributed by atoms with Crippen LogP contribution in [0.15, 0.2) is 42.5 Å². The highest BCUT2D eigenvalue weighted by atomic mass is 35.5. The molecule has 0 spiro atoms. The largest absolute Gasteiger partial charge is 0.457 e. The summed E-state index contributed by atoms with van der Waals surface area (Å²) in [6.07, 6.45) is -0.399. The van der Waals surface area contributed by atoms with E-state index in [0.717, 1.165) is 30.2 Å². The molecule has 1 fully saturated rings. The fourth-order valence-corrected chi connectivity index (χ4v) is 4.38. The van der Waals surface area contributed by atoms with Crippen LogP contribution in [0, 0.1) is 0 Å². The molecule has 0 bridgehead atoms. The van der Waals surface area contributed by atoms with Crippen molar-refractivity contribution >= 4 is 17.7 Å². The van der Waals surface area contributed by atoms with Crippen LogP contribution in [0.5, 0.6) is 11.5 Å². The van der Waals surface area contributed by atoms with Crippen molar-refractivity contribution in [2.24, 2.45) is 0 Å². The molecule has 6 heteroatoms. The number of carbonyl (C=O) groups is 1. The summed E-state index contributed by atoms with van der Waals surface area (Å²) in [4.78, 5) is 11.5. The summed E-state index contributed by atoms with van der Waals surface area (Å²) in [6.45, 7) is 2.06. The lowest BCUT2D eigenvalue weighted by Gasteiger charge is -2.29. The number of hydrogen-bond donors (Lipinski definition) is 1. The van der Waals surface area contributed by atoms with Gasteiger partial charge in [-0.3, -0.25) is 4.48 Å². The van der Waals surface area contributed by atoms with Crippen molar-refractivity contribution in [1.29, 1.82) is 0 Å². The van der Waals surface area contributed by atoms with Crippen molar-refractivity contribution in [1.82, 2.24) is 5.32 Å². The number of likely N-dealkylation sites (N-methyl/N-ethyl adjacent to an activating group) is 1. The van der Waals surface area contributed by atoms with Crippen molar-refractivity contribution in [3.05, 3.63) is 58.6 Å². The van der Waals surface area contributed by atoms with Crippen LogP contribution in [-0.2, 0) is 4.74 Å². The van der Waals surface area contributed by atoms with Crippen molar-refractivity contribution in [3.63, 3.8) is 0 Å². The highest BCUT2D eigenvalue weighted by Gasteiger charge is 2.48. The average molecular weight is 374 g/mol. The van der Waals surface area contributed by atoms with Gasteiger partial charge in [0.1, 0.15) is 11.5 Å². The maximum Gasteiger partial charge on any atom is 0.411 e. The number of hydrogen-bond acceptors (Lipinski definition) is 3. The summed E-state index contributed by atoms with van der Waals surface area (Å²) in [6, 6.07) is 14.0. The Labute approximate surface area is 158 Å². The van der Waals surface area contributed by atoms with Gasteiger partial charge in [0.05, 0.1) is 20.1 Å². The standard InChI is InChI=1S/C20H21ClN2O3/c1-22-20(24)25-12-23(2)10-16-14-5-3-4-6-18(14)26-19-8-7-13(21)9-15(19)17(16)11-23/h3-9,16-17H,10-12H2,1-2H3/p+1. The molecule has 5 nitrogen and oxygen atoms in total. The van der Waals surface area contributed by atoms with Crippen molar-refractivity contribution < 1.29 is 18.8 Å². The summed E-state index contributed by atoms with van der Waals surface area (Å²) < 4.78 is 12.3. The summed E-state index contributed by atoms with van der Waals surface area (Å²) in [5.74, 6) is 2.29. The maximum absolute atomic E-state index is 11.5. The summed E-state index contributed by atoms with van der Waals surface area (Å²) in [7, 11) is 3.70. The molecule has 2 heterocycles. The number of nitrogens with one attached hydrogen (secondary N) is 1. The second-order valence-corrected chi connectivity index (χ2v) is 7.77. The van der Waals surface area contributed by atoms with Crippen molar-refractivity contribution in [2.75, 3.05) is 33.9 Å². The molecule has 2 aromatic carbocycles. The van der Waals surface area contributed by atoms with Crippen LogP contribution in [0.1, 0.15) is 23.0 Å². The van der Waals surface area contributed by atoms with Crippen LogP contribution in [0.2, 0.25) is 5.02 Å². The first-order chi connectivity index (χ1) is 12.5. The number of quaternary nitrogens is 1. The quantitative estimate of drug-likeness (QED) is 0.806. The third kappa shape index (κ3) is 3.02. The molecule has 0 saturated carbocycles. The number of para-hydroxylation sites is 1. The number of benzene rings is 2. The topological polar surface area (TPSA) is 47.6 Å². The van der Waals surface area contributed by atoms with Gasteiger partial charge in [0.25, 0.3) is 0 Å². The average Bonchev–Trinajstić information content (AvgIpc) is 2.94. The number of ether oxygens (including phenoxy) is 2. The molecule has 4 rings (SSSR count). The highest BCUT2D eigenvalue weighted by Crippen LogP contribution is 2.51. The van der Waals surface area contributed by atoms with Gasteiger partial charge in [-0.2, -0.15) is 0 Å². The van der Waals surface area contributed by atoms with E-state index < -0.39 is 6.09 Å². The van der Waals surface area contributed by atoms with E-state index in [0.29, 0.717) is 16.2 Å². The van der Waals surface area contributed by atoms with Crippen molar-refractivity contribution in [3.8, 4) is 11.5 Å². The van der Waals surface area contributed by atoms with E-state index in [1.54, 1.807) is 7.05 Å². The minimum Gasteiger partial charge on any atom is -0.457 e. The monoisotopic (exact) mass is 373 g/mol. The highest BCUT2D eigenvalue weighted by molar-refractivity contribution is 6.30. The number of amides is 1. The van der Waals surface area contributed by atoms with Crippen LogP contribution in [0.25, 0.3) is 0 Å². The van der Waals surface area contributed by atoms with Gasteiger partial charge in [0, 0.05) is 35.0 Å². The molecule has 0 aliphatic carbocycles. The zero-order chi connectivity index (χ0) is 18.3. The molecule has 3 atom stereocenters. The molecule has 26 heavy (non-hydrogen) atoms. The lowest BCUT2D eigenvalue weighted by molar-refractivity contribution is -0.915. The van der Waals surface area contributed by atoms with Gasteiger partial charge in [-0.25, -0.2) is 4.79 Å². The second kappa shape index (κ2) is 6.49. The van der Waals surface area contributed by atoms with E-state index in [-0.39, 0.29) is 11.8 Å². The Hall–Kier alpha value is -2.24. The van der Waals surface area contributed by atoms with E-state index in [4.69, 9.17) is 21.1 Å². The Morgan fingerprint density at radius 1 is 1.19 bits per heavy atom. The smallest absolute Gasteiger partial charge is 0.411 e. The minimum absolute atomic E-state index is 0.255. The van der Waals surface area contributed by atoms with Gasteiger partial charge >= 0.3 is 6.09 Å². The van der Waals surface area contributed by atoms with Gasteiger partial charge in [-0.15, -0.1) is 0 Å². The first-order valence-electron chi connectivity index (χ1n) is 8.73. The van der Waals surface area contributed by atoms with Crippen LogP contribution in [0.4, 0.5) is 4.79 Å². The van der Waals surface area contributed by atoms with E-state index in [1.165, 1.54) is 5.56 Å². The Morgan fingerprint density at radius 2 is 1.88 bits per heavy atom. The van der Waals surface area contributed by atoms with Gasteiger partial charge in [0.15, 0.2) is 0 Å². The molecular formula is C20H22ClN2O3+. The predicted molar refractivity (Wildman–Crippen MR) is 99.8 cm³/mol. The maximum atomic E-state index is 11.5. The molecule has 3 unspecified atom stereocenters. The zero-order valence-corrected chi connectivity index (χ0v) is 15.6. The molecule has 1 N–H and O–H groups in total. The van der Waals surface area contributed by atoms with E-state index >= 15 is 0 Å². The van der Waals surface area contributed by atoms with Crippen LogP contribution in [-0.4, -0.2) is 44.5 Å². The number of rotatable bonds is 2. The number of fused-ring (bicyclic) bond motifs is 5. The number of alkyl carbamates (subject to hydrolysis) is 1.